The first-order chi connectivity index (χ1) is 10.6. The third kappa shape index (κ3) is 3.38. The maximum absolute atomic E-state index is 12.6. The van der Waals surface area contributed by atoms with Crippen molar-refractivity contribution in [3.05, 3.63) is 30.1 Å². The maximum atomic E-state index is 12.6. The molecule has 7 nitrogen and oxygen atoms in total. The van der Waals surface area contributed by atoms with Crippen LogP contribution >= 0.6 is 0 Å². The molecule has 0 aliphatic heterocycles. The first-order valence-electron chi connectivity index (χ1n) is 7.04. The van der Waals surface area contributed by atoms with Crippen molar-refractivity contribution in [2.75, 3.05) is 32.8 Å². The Balaban J connectivity index is 2.37. The van der Waals surface area contributed by atoms with Crippen LogP contribution in [-0.4, -0.2) is 69.2 Å². The standard InChI is InChI=1S/C15H19N3O4/c1-11(21)15-16-12-4-2-3-5-13(12)18(15)14(22)10-17(6-8-19)7-9-20/h2-5,19-20H,6-10H2,1H3. The van der Waals surface area contributed by atoms with Crippen molar-refractivity contribution >= 4 is 22.7 Å². The Morgan fingerprint density at radius 3 is 2.41 bits per heavy atom. The molecule has 0 unspecified atom stereocenters. The second kappa shape index (κ2) is 7.26. The number of nitrogens with zero attached hydrogens (tertiary/aromatic N) is 3. The van der Waals surface area contributed by atoms with Crippen molar-refractivity contribution in [3.8, 4) is 0 Å². The van der Waals surface area contributed by atoms with Gasteiger partial charge in [0.05, 0.1) is 30.8 Å². The number of benzene rings is 1. The van der Waals surface area contributed by atoms with E-state index < -0.39 is 0 Å². The molecule has 0 amide bonds. The topological polar surface area (TPSA) is 95.7 Å². The molecule has 1 heterocycles. The Bertz CT molecular complexity index is 674. The van der Waals surface area contributed by atoms with E-state index in [0.717, 1.165) is 0 Å². The van der Waals surface area contributed by atoms with Crippen molar-refractivity contribution < 1.29 is 19.8 Å². The lowest BCUT2D eigenvalue weighted by molar-refractivity contribution is 0.0803. The van der Waals surface area contributed by atoms with E-state index in [0.29, 0.717) is 11.0 Å². The number of Topliss-reactive ketones (excluding diaryl/α,β-unsaturated/α-hetero) is 1. The highest BCUT2D eigenvalue weighted by atomic mass is 16.3. The van der Waals surface area contributed by atoms with Crippen molar-refractivity contribution in [3.63, 3.8) is 0 Å². The van der Waals surface area contributed by atoms with Gasteiger partial charge in [0.2, 0.25) is 5.91 Å². The summed E-state index contributed by atoms with van der Waals surface area (Å²) in [6.07, 6.45) is 0. The summed E-state index contributed by atoms with van der Waals surface area (Å²) in [5, 5.41) is 18.0. The molecule has 0 atom stereocenters. The van der Waals surface area contributed by atoms with Crippen LogP contribution in [0.5, 0.6) is 0 Å². The number of rotatable bonds is 7. The minimum Gasteiger partial charge on any atom is -0.395 e. The van der Waals surface area contributed by atoms with Crippen molar-refractivity contribution in [1.82, 2.24) is 14.5 Å². The minimum atomic E-state index is -0.319. The van der Waals surface area contributed by atoms with Gasteiger partial charge in [-0.1, -0.05) is 12.1 Å². The quantitative estimate of drug-likeness (QED) is 0.708. The van der Waals surface area contributed by atoms with Crippen LogP contribution in [0.3, 0.4) is 0 Å². The first-order valence-corrected chi connectivity index (χ1v) is 7.04. The van der Waals surface area contributed by atoms with Crippen LogP contribution in [0.1, 0.15) is 22.3 Å². The number of aliphatic hydroxyl groups excluding tert-OH is 2. The molecule has 0 spiro atoms. The van der Waals surface area contributed by atoms with Crippen LogP contribution in [0, 0.1) is 0 Å². The summed E-state index contributed by atoms with van der Waals surface area (Å²) in [5.41, 5.74) is 1.16. The number of ketones is 1. The molecule has 2 aromatic rings. The number of carbonyl (C=O) groups is 2. The third-order valence-electron chi connectivity index (χ3n) is 3.32. The van der Waals surface area contributed by atoms with Gasteiger partial charge in [-0.2, -0.15) is 0 Å². The minimum absolute atomic E-state index is 0.0121. The van der Waals surface area contributed by atoms with Gasteiger partial charge < -0.3 is 10.2 Å². The van der Waals surface area contributed by atoms with Gasteiger partial charge in [0.25, 0.3) is 0 Å². The van der Waals surface area contributed by atoms with Crippen LogP contribution in [0.2, 0.25) is 0 Å². The Labute approximate surface area is 127 Å². The predicted octanol–water partition coefficient (Wildman–Crippen LogP) is 0.166. The number of hydrogen-bond acceptors (Lipinski definition) is 6. The smallest absolute Gasteiger partial charge is 0.247 e. The van der Waals surface area contributed by atoms with E-state index in [-0.39, 0.29) is 50.4 Å². The molecule has 118 valence electrons. The van der Waals surface area contributed by atoms with E-state index in [1.54, 1.807) is 29.2 Å². The monoisotopic (exact) mass is 305 g/mol. The second-order valence-corrected chi connectivity index (χ2v) is 4.93. The molecule has 2 N–H and O–H groups in total. The molecule has 0 saturated carbocycles. The normalized spacial score (nSPS) is 11.3. The number of aromatic nitrogens is 2. The molecule has 7 heteroatoms. The van der Waals surface area contributed by atoms with Gasteiger partial charge >= 0.3 is 0 Å². The first kappa shape index (κ1) is 16.3. The van der Waals surface area contributed by atoms with Crippen molar-refractivity contribution in [1.29, 1.82) is 0 Å². The molecule has 0 aliphatic rings. The lowest BCUT2D eigenvalue weighted by Crippen LogP contribution is -2.37. The third-order valence-corrected chi connectivity index (χ3v) is 3.32. The Morgan fingerprint density at radius 2 is 1.82 bits per heavy atom. The van der Waals surface area contributed by atoms with Gasteiger partial charge in [0.15, 0.2) is 11.6 Å². The number of imidazole rings is 1. The van der Waals surface area contributed by atoms with E-state index in [9.17, 15) is 9.59 Å². The molecular weight excluding hydrogens is 286 g/mol. The van der Waals surface area contributed by atoms with Gasteiger partial charge in [-0.05, 0) is 12.1 Å². The average Bonchev–Trinajstić information content (AvgIpc) is 2.87. The lowest BCUT2D eigenvalue weighted by atomic mass is 10.3. The zero-order valence-electron chi connectivity index (χ0n) is 12.4. The fraction of sp³-hybridized carbons (Fsp3) is 0.400. The van der Waals surface area contributed by atoms with Crippen LogP contribution in [0.15, 0.2) is 24.3 Å². The van der Waals surface area contributed by atoms with E-state index in [1.165, 1.54) is 11.5 Å². The summed E-state index contributed by atoms with van der Waals surface area (Å²) in [7, 11) is 0. The van der Waals surface area contributed by atoms with E-state index in [1.807, 2.05) is 0 Å². The van der Waals surface area contributed by atoms with Gasteiger partial charge in [0, 0.05) is 20.0 Å². The molecule has 1 aromatic heterocycles. The SMILES string of the molecule is CC(=O)c1nc2ccccc2n1C(=O)CN(CCO)CCO. The zero-order chi connectivity index (χ0) is 16.1. The fourth-order valence-corrected chi connectivity index (χ4v) is 2.33. The van der Waals surface area contributed by atoms with Crippen molar-refractivity contribution in [2.45, 2.75) is 6.92 Å². The molecule has 0 bridgehead atoms. The van der Waals surface area contributed by atoms with Crippen LogP contribution in [0.4, 0.5) is 0 Å². The van der Waals surface area contributed by atoms with Gasteiger partial charge in [0.1, 0.15) is 0 Å². The molecule has 0 aliphatic carbocycles. The van der Waals surface area contributed by atoms with E-state index in [4.69, 9.17) is 10.2 Å². The Kier molecular flexibility index (Phi) is 5.37. The summed E-state index contributed by atoms with van der Waals surface area (Å²) in [6, 6.07) is 7.04. The highest BCUT2D eigenvalue weighted by Crippen LogP contribution is 2.16. The Morgan fingerprint density at radius 1 is 1.18 bits per heavy atom. The Hall–Kier alpha value is -2.09. The number of fused-ring (bicyclic) bond motifs is 1. The second-order valence-electron chi connectivity index (χ2n) is 4.93. The van der Waals surface area contributed by atoms with Gasteiger partial charge in [-0.3, -0.25) is 19.1 Å². The summed E-state index contributed by atoms with van der Waals surface area (Å²) >= 11 is 0. The van der Waals surface area contributed by atoms with E-state index in [2.05, 4.69) is 4.98 Å². The summed E-state index contributed by atoms with van der Waals surface area (Å²) in [4.78, 5) is 30.2. The molecule has 0 fully saturated rings. The summed E-state index contributed by atoms with van der Waals surface area (Å²) < 4.78 is 1.30. The number of aliphatic hydroxyl groups is 2. The van der Waals surface area contributed by atoms with Crippen molar-refractivity contribution in [2.24, 2.45) is 0 Å². The number of para-hydroxylation sites is 2. The molecular formula is C15H19N3O4. The molecule has 22 heavy (non-hydrogen) atoms. The predicted molar refractivity (Wildman–Crippen MR) is 81.0 cm³/mol. The van der Waals surface area contributed by atoms with Crippen LogP contribution in [0.25, 0.3) is 11.0 Å². The molecule has 0 saturated heterocycles. The lowest BCUT2D eigenvalue weighted by Gasteiger charge is -2.19. The average molecular weight is 305 g/mol. The van der Waals surface area contributed by atoms with Crippen LogP contribution in [-0.2, 0) is 0 Å². The summed E-state index contributed by atoms with van der Waals surface area (Å²) in [5.74, 6) is -0.514. The van der Waals surface area contributed by atoms with Crippen LogP contribution < -0.4 is 0 Å². The highest BCUT2D eigenvalue weighted by molar-refractivity contribution is 6.02. The highest BCUT2D eigenvalue weighted by Gasteiger charge is 2.21. The van der Waals surface area contributed by atoms with Gasteiger partial charge in [-0.15, -0.1) is 0 Å². The number of hydrogen-bond donors (Lipinski definition) is 2. The van der Waals surface area contributed by atoms with Gasteiger partial charge in [-0.25, -0.2) is 4.98 Å². The zero-order valence-corrected chi connectivity index (χ0v) is 12.4. The molecule has 0 radical (unpaired) electrons. The fourth-order valence-electron chi connectivity index (χ4n) is 2.33. The molecule has 1 aromatic carbocycles. The number of carbonyl (C=O) groups excluding carboxylic acids is 2. The largest absolute Gasteiger partial charge is 0.395 e. The molecule has 2 rings (SSSR count). The summed E-state index contributed by atoms with van der Waals surface area (Å²) in [6.45, 7) is 1.67. The maximum Gasteiger partial charge on any atom is 0.247 e. The van der Waals surface area contributed by atoms with E-state index >= 15 is 0 Å².